The summed E-state index contributed by atoms with van der Waals surface area (Å²) in [6.45, 7) is 1.01. The van der Waals surface area contributed by atoms with Crippen molar-refractivity contribution in [3.8, 4) is 0 Å². The Balaban J connectivity index is 1.78. The number of aliphatic hydroxyl groups is 1. The second-order valence-electron chi connectivity index (χ2n) is 4.67. The van der Waals surface area contributed by atoms with Gasteiger partial charge in [0.25, 0.3) is 0 Å². The molecule has 3 nitrogen and oxygen atoms in total. The maximum absolute atomic E-state index is 9.40. The lowest BCUT2D eigenvalue weighted by Crippen LogP contribution is -2.15. The molecule has 0 bridgehead atoms. The highest BCUT2D eigenvalue weighted by Crippen LogP contribution is 2.44. The van der Waals surface area contributed by atoms with Crippen molar-refractivity contribution in [3.63, 3.8) is 0 Å². The fourth-order valence-electron chi connectivity index (χ4n) is 2.01. The molecule has 1 aliphatic carbocycles. The summed E-state index contributed by atoms with van der Waals surface area (Å²) in [5.74, 6) is 0.604. The van der Waals surface area contributed by atoms with Crippen molar-refractivity contribution in [2.24, 2.45) is 0 Å². The Morgan fingerprint density at radius 2 is 2.33 bits per heavy atom. The van der Waals surface area contributed by atoms with E-state index in [9.17, 15) is 5.11 Å². The van der Waals surface area contributed by atoms with Gasteiger partial charge in [-0.3, -0.25) is 0 Å². The summed E-state index contributed by atoms with van der Waals surface area (Å²) in [5, 5.41) is 12.5. The number of rotatable bonds is 5. The van der Waals surface area contributed by atoms with Crippen LogP contribution in [0.5, 0.6) is 0 Å². The summed E-state index contributed by atoms with van der Waals surface area (Å²) in [6.07, 6.45) is 2.45. The lowest BCUT2D eigenvalue weighted by molar-refractivity contribution is 0.284. The third-order valence-corrected chi connectivity index (χ3v) is 5.15. The van der Waals surface area contributed by atoms with Gasteiger partial charge in [-0.05, 0) is 24.3 Å². The Hall–Kier alpha value is -0.910. The van der Waals surface area contributed by atoms with Crippen LogP contribution in [0.1, 0.15) is 34.2 Å². The summed E-state index contributed by atoms with van der Waals surface area (Å²) in [6, 6.07) is 4.22. The molecule has 0 radical (unpaired) electrons. The van der Waals surface area contributed by atoms with Crippen LogP contribution >= 0.6 is 22.7 Å². The van der Waals surface area contributed by atoms with Gasteiger partial charge in [-0.1, -0.05) is 17.4 Å². The Morgan fingerprint density at radius 1 is 1.50 bits per heavy atom. The van der Waals surface area contributed by atoms with E-state index in [0.717, 1.165) is 22.2 Å². The van der Waals surface area contributed by atoms with Gasteiger partial charge in [0.1, 0.15) is 0 Å². The van der Waals surface area contributed by atoms with E-state index >= 15 is 0 Å². The van der Waals surface area contributed by atoms with Gasteiger partial charge in [0.15, 0.2) is 5.13 Å². The number of anilines is 1. The van der Waals surface area contributed by atoms with Gasteiger partial charge in [0.2, 0.25) is 0 Å². The van der Waals surface area contributed by atoms with Gasteiger partial charge in [0, 0.05) is 17.8 Å². The first-order chi connectivity index (χ1) is 8.78. The second kappa shape index (κ2) is 4.99. The Morgan fingerprint density at radius 3 is 2.94 bits per heavy atom. The highest BCUT2D eigenvalue weighted by atomic mass is 32.1. The molecule has 0 unspecified atom stereocenters. The molecule has 2 aromatic heterocycles. The van der Waals surface area contributed by atoms with Crippen LogP contribution in [0.15, 0.2) is 17.5 Å². The molecule has 0 saturated heterocycles. The van der Waals surface area contributed by atoms with Crippen molar-refractivity contribution in [1.82, 2.24) is 4.98 Å². The van der Waals surface area contributed by atoms with Crippen LogP contribution in [0.4, 0.5) is 5.13 Å². The number of thiazole rings is 1. The minimum Gasteiger partial charge on any atom is -0.391 e. The Labute approximate surface area is 115 Å². The molecule has 1 saturated carbocycles. The molecule has 0 aromatic carbocycles. The van der Waals surface area contributed by atoms with Crippen LogP contribution in [-0.4, -0.2) is 17.1 Å². The highest BCUT2D eigenvalue weighted by Gasteiger charge is 2.29. The molecule has 0 spiro atoms. The summed E-state index contributed by atoms with van der Waals surface area (Å²) in [4.78, 5) is 9.27. The fraction of sp³-hybridized carbons (Fsp3) is 0.462. The van der Waals surface area contributed by atoms with E-state index in [1.165, 1.54) is 17.7 Å². The maximum Gasteiger partial charge on any atom is 0.185 e. The largest absolute Gasteiger partial charge is 0.391 e. The van der Waals surface area contributed by atoms with Gasteiger partial charge in [-0.2, -0.15) is 0 Å². The van der Waals surface area contributed by atoms with Crippen LogP contribution in [-0.2, 0) is 13.2 Å². The van der Waals surface area contributed by atoms with Crippen LogP contribution in [0.3, 0.4) is 0 Å². The lowest BCUT2D eigenvalue weighted by atomic mass is 10.2. The molecule has 5 heteroatoms. The number of hydrogen-bond donors (Lipinski definition) is 1. The standard InChI is InChI=1S/C13H16N2OS2/c1-15(7-10-3-2-6-17-10)13-14-12(9-4-5-9)11(8-16)18-13/h2-3,6,9,16H,4-5,7-8H2,1H3. The number of thiophene rings is 1. The van der Waals surface area contributed by atoms with Gasteiger partial charge in [0.05, 0.1) is 23.7 Å². The average molecular weight is 280 g/mol. The predicted molar refractivity (Wildman–Crippen MR) is 76.4 cm³/mol. The zero-order chi connectivity index (χ0) is 12.5. The molecule has 2 aromatic rings. The third-order valence-electron chi connectivity index (χ3n) is 3.12. The van der Waals surface area contributed by atoms with E-state index in [2.05, 4.69) is 29.5 Å². The van der Waals surface area contributed by atoms with E-state index in [0.29, 0.717) is 5.92 Å². The molecule has 18 heavy (non-hydrogen) atoms. The lowest BCUT2D eigenvalue weighted by Gasteiger charge is -2.14. The minimum absolute atomic E-state index is 0.121. The first-order valence-corrected chi connectivity index (χ1v) is 7.81. The molecule has 0 atom stereocenters. The number of nitrogens with zero attached hydrogens (tertiary/aromatic N) is 2. The van der Waals surface area contributed by atoms with Gasteiger partial charge >= 0.3 is 0 Å². The molecular weight excluding hydrogens is 264 g/mol. The highest BCUT2D eigenvalue weighted by molar-refractivity contribution is 7.15. The summed E-state index contributed by atoms with van der Waals surface area (Å²) in [7, 11) is 2.07. The topological polar surface area (TPSA) is 36.4 Å². The molecule has 0 amide bonds. The van der Waals surface area contributed by atoms with Crippen LogP contribution in [0.25, 0.3) is 0 Å². The van der Waals surface area contributed by atoms with Crippen molar-refractivity contribution in [3.05, 3.63) is 33.0 Å². The first-order valence-electron chi connectivity index (χ1n) is 6.12. The number of aromatic nitrogens is 1. The van der Waals surface area contributed by atoms with Crippen LogP contribution in [0, 0.1) is 0 Å². The quantitative estimate of drug-likeness (QED) is 0.913. The molecule has 3 rings (SSSR count). The van der Waals surface area contributed by atoms with E-state index in [1.54, 1.807) is 22.7 Å². The van der Waals surface area contributed by atoms with Gasteiger partial charge < -0.3 is 10.0 Å². The number of hydrogen-bond acceptors (Lipinski definition) is 5. The Kier molecular flexibility index (Phi) is 3.37. The zero-order valence-electron chi connectivity index (χ0n) is 10.3. The van der Waals surface area contributed by atoms with E-state index in [1.807, 2.05) is 0 Å². The maximum atomic E-state index is 9.40. The SMILES string of the molecule is CN(Cc1cccs1)c1nc(C2CC2)c(CO)s1. The minimum atomic E-state index is 0.121. The van der Waals surface area contributed by atoms with Crippen molar-refractivity contribution >= 4 is 27.8 Å². The Bertz CT molecular complexity index is 517. The summed E-state index contributed by atoms with van der Waals surface area (Å²) < 4.78 is 0. The molecule has 1 fully saturated rings. The van der Waals surface area contributed by atoms with E-state index < -0.39 is 0 Å². The van der Waals surface area contributed by atoms with Gasteiger partial charge in [-0.25, -0.2) is 4.98 Å². The fourth-order valence-corrected chi connectivity index (χ4v) is 3.73. The predicted octanol–water partition coefficient (Wildman–Crippen LogP) is 3.21. The van der Waals surface area contributed by atoms with E-state index in [-0.39, 0.29) is 6.61 Å². The molecule has 2 heterocycles. The molecule has 96 valence electrons. The monoisotopic (exact) mass is 280 g/mol. The third kappa shape index (κ3) is 2.43. The average Bonchev–Trinajstić information content (AvgIpc) is 2.92. The molecule has 1 aliphatic rings. The summed E-state index contributed by atoms with van der Waals surface area (Å²) >= 11 is 3.39. The van der Waals surface area contributed by atoms with E-state index in [4.69, 9.17) is 4.98 Å². The molecular formula is C13H16N2OS2. The zero-order valence-corrected chi connectivity index (χ0v) is 11.9. The van der Waals surface area contributed by atoms with Crippen molar-refractivity contribution < 1.29 is 5.11 Å². The molecule has 1 N–H and O–H groups in total. The molecule has 0 aliphatic heterocycles. The van der Waals surface area contributed by atoms with Crippen molar-refractivity contribution in [2.45, 2.75) is 31.9 Å². The number of aliphatic hydroxyl groups excluding tert-OH is 1. The smallest absolute Gasteiger partial charge is 0.185 e. The van der Waals surface area contributed by atoms with Crippen molar-refractivity contribution in [1.29, 1.82) is 0 Å². The van der Waals surface area contributed by atoms with Crippen LogP contribution in [0.2, 0.25) is 0 Å². The van der Waals surface area contributed by atoms with Gasteiger partial charge in [-0.15, -0.1) is 11.3 Å². The normalized spacial score (nSPS) is 15.0. The van der Waals surface area contributed by atoms with Crippen molar-refractivity contribution in [2.75, 3.05) is 11.9 Å². The first kappa shape index (κ1) is 12.1. The van der Waals surface area contributed by atoms with Crippen LogP contribution < -0.4 is 4.90 Å². The second-order valence-corrected chi connectivity index (χ2v) is 6.77. The summed E-state index contributed by atoms with van der Waals surface area (Å²) in [5.41, 5.74) is 1.13.